The van der Waals surface area contributed by atoms with Gasteiger partial charge in [0.25, 0.3) is 0 Å². The van der Waals surface area contributed by atoms with Crippen LogP contribution in [-0.2, 0) is 14.3 Å². The fraction of sp³-hybridized carbons (Fsp3) is 0.700. The molecule has 0 atom stereocenters. The number of hydrogen-bond donors (Lipinski definition) is 0. The van der Waals surface area contributed by atoms with Crippen LogP contribution in [0.5, 0.6) is 0 Å². The maximum Gasteiger partial charge on any atom is 0.309 e. The van der Waals surface area contributed by atoms with Gasteiger partial charge in [-0.05, 0) is 18.8 Å². The molecule has 1 aliphatic rings. The molecule has 3 heteroatoms. The molecule has 0 unspecified atom stereocenters. The van der Waals surface area contributed by atoms with Crippen molar-refractivity contribution in [2.24, 2.45) is 5.92 Å². The minimum absolute atomic E-state index is 0.177. The van der Waals surface area contributed by atoms with E-state index in [4.69, 9.17) is 4.74 Å². The van der Waals surface area contributed by atoms with Crippen molar-refractivity contribution < 1.29 is 14.3 Å². The Hall–Kier alpha value is -0.830. The lowest BCUT2D eigenvalue weighted by Gasteiger charge is -2.18. The monoisotopic (exact) mass is 184 g/mol. The van der Waals surface area contributed by atoms with E-state index in [0.717, 1.165) is 26.1 Å². The summed E-state index contributed by atoms with van der Waals surface area (Å²) in [6.45, 7) is 1.68. The van der Waals surface area contributed by atoms with Crippen molar-refractivity contribution >= 4 is 5.97 Å². The Labute approximate surface area is 78.7 Å². The molecule has 1 fully saturated rings. The number of ether oxygens (including phenoxy) is 2. The van der Waals surface area contributed by atoms with Gasteiger partial charge in [-0.2, -0.15) is 0 Å². The molecule has 74 valence electrons. The van der Waals surface area contributed by atoms with Crippen molar-refractivity contribution in [3.63, 3.8) is 0 Å². The Bertz CT molecular complexity index is 181. The van der Waals surface area contributed by atoms with Crippen molar-refractivity contribution in [3.05, 3.63) is 12.2 Å². The molecule has 0 radical (unpaired) electrons. The Morgan fingerprint density at radius 3 is 2.85 bits per heavy atom. The van der Waals surface area contributed by atoms with Gasteiger partial charge in [0.15, 0.2) is 0 Å². The van der Waals surface area contributed by atoms with Gasteiger partial charge in [-0.1, -0.05) is 12.2 Å². The molecule has 3 nitrogen and oxygen atoms in total. The Kier molecular flexibility index (Phi) is 4.54. The van der Waals surface area contributed by atoms with Crippen LogP contribution in [-0.4, -0.2) is 26.3 Å². The number of carbonyl (C=O) groups excluding carboxylic acids is 1. The molecule has 0 aromatic carbocycles. The molecule has 0 aromatic heterocycles. The van der Waals surface area contributed by atoms with Crippen molar-refractivity contribution in [3.8, 4) is 0 Å². The van der Waals surface area contributed by atoms with Crippen LogP contribution >= 0.6 is 0 Å². The van der Waals surface area contributed by atoms with Crippen LogP contribution in [0.4, 0.5) is 0 Å². The molecule has 1 saturated heterocycles. The molecule has 0 aromatic rings. The third kappa shape index (κ3) is 4.08. The predicted octanol–water partition coefficient (Wildman–Crippen LogP) is 1.53. The SMILES string of the molecule is COC(=O)C/C=C\C1CCOCC1. The zero-order chi connectivity index (χ0) is 9.52. The molecule has 0 aliphatic carbocycles. The predicted molar refractivity (Wildman–Crippen MR) is 49.3 cm³/mol. The quantitative estimate of drug-likeness (QED) is 0.493. The van der Waals surface area contributed by atoms with Crippen LogP contribution in [0.25, 0.3) is 0 Å². The van der Waals surface area contributed by atoms with E-state index in [1.807, 2.05) is 6.08 Å². The Balaban J connectivity index is 2.18. The molecule has 0 saturated carbocycles. The van der Waals surface area contributed by atoms with E-state index in [1.54, 1.807) is 0 Å². The molecule has 1 aliphatic heterocycles. The van der Waals surface area contributed by atoms with E-state index in [-0.39, 0.29) is 5.97 Å². The number of methoxy groups -OCH3 is 1. The van der Waals surface area contributed by atoms with Gasteiger partial charge in [0.05, 0.1) is 13.5 Å². The smallest absolute Gasteiger partial charge is 0.309 e. The largest absolute Gasteiger partial charge is 0.469 e. The second-order valence-electron chi connectivity index (χ2n) is 3.16. The maximum atomic E-state index is 10.8. The van der Waals surface area contributed by atoms with Gasteiger partial charge in [-0.3, -0.25) is 4.79 Å². The maximum absolute atomic E-state index is 10.8. The van der Waals surface area contributed by atoms with E-state index in [2.05, 4.69) is 10.8 Å². The average molecular weight is 184 g/mol. The summed E-state index contributed by atoms with van der Waals surface area (Å²) >= 11 is 0. The number of carbonyl (C=O) groups is 1. The molecular formula is C10H16O3. The number of esters is 1. The highest BCUT2D eigenvalue weighted by atomic mass is 16.5. The fourth-order valence-electron chi connectivity index (χ4n) is 1.35. The Morgan fingerprint density at radius 1 is 1.54 bits per heavy atom. The molecular weight excluding hydrogens is 168 g/mol. The third-order valence-corrected chi connectivity index (χ3v) is 2.19. The van der Waals surface area contributed by atoms with Crippen LogP contribution in [0.2, 0.25) is 0 Å². The zero-order valence-corrected chi connectivity index (χ0v) is 7.99. The third-order valence-electron chi connectivity index (χ3n) is 2.19. The molecule has 0 N–H and O–H groups in total. The molecule has 0 amide bonds. The highest BCUT2D eigenvalue weighted by Gasteiger charge is 2.09. The van der Waals surface area contributed by atoms with Crippen molar-refractivity contribution in [1.82, 2.24) is 0 Å². The summed E-state index contributed by atoms with van der Waals surface area (Å²) in [5.41, 5.74) is 0. The summed E-state index contributed by atoms with van der Waals surface area (Å²) in [6.07, 6.45) is 6.50. The minimum atomic E-state index is -0.177. The van der Waals surface area contributed by atoms with E-state index >= 15 is 0 Å². The molecule has 0 spiro atoms. The molecule has 1 heterocycles. The highest BCUT2D eigenvalue weighted by Crippen LogP contribution is 2.15. The summed E-state index contributed by atoms with van der Waals surface area (Å²) in [7, 11) is 1.41. The van der Waals surface area contributed by atoms with Crippen LogP contribution in [0, 0.1) is 5.92 Å². The Morgan fingerprint density at radius 2 is 2.23 bits per heavy atom. The lowest BCUT2D eigenvalue weighted by Crippen LogP contribution is -2.13. The van der Waals surface area contributed by atoms with Gasteiger partial charge >= 0.3 is 5.97 Å². The summed E-state index contributed by atoms with van der Waals surface area (Å²) in [5.74, 6) is 0.404. The number of allylic oxidation sites excluding steroid dienone is 1. The summed E-state index contributed by atoms with van der Waals surface area (Å²) in [4.78, 5) is 10.8. The zero-order valence-electron chi connectivity index (χ0n) is 7.99. The van der Waals surface area contributed by atoms with Gasteiger partial charge < -0.3 is 9.47 Å². The van der Waals surface area contributed by atoms with Crippen LogP contribution in [0.1, 0.15) is 19.3 Å². The topological polar surface area (TPSA) is 35.5 Å². The lowest BCUT2D eigenvalue weighted by atomic mass is 10.00. The van der Waals surface area contributed by atoms with Crippen molar-refractivity contribution in [1.29, 1.82) is 0 Å². The average Bonchev–Trinajstić information content (AvgIpc) is 2.19. The van der Waals surface area contributed by atoms with Crippen LogP contribution in [0.3, 0.4) is 0 Å². The number of hydrogen-bond acceptors (Lipinski definition) is 3. The second kappa shape index (κ2) is 5.75. The number of rotatable bonds is 3. The fourth-order valence-corrected chi connectivity index (χ4v) is 1.35. The molecule has 0 bridgehead atoms. The van der Waals surface area contributed by atoms with E-state index in [0.29, 0.717) is 12.3 Å². The van der Waals surface area contributed by atoms with Gasteiger partial charge in [-0.25, -0.2) is 0 Å². The van der Waals surface area contributed by atoms with Crippen molar-refractivity contribution in [2.45, 2.75) is 19.3 Å². The first kappa shape index (κ1) is 10.3. The van der Waals surface area contributed by atoms with Gasteiger partial charge in [0.2, 0.25) is 0 Å². The summed E-state index contributed by atoms with van der Waals surface area (Å²) < 4.78 is 9.75. The summed E-state index contributed by atoms with van der Waals surface area (Å²) in [5, 5.41) is 0. The van der Waals surface area contributed by atoms with E-state index in [9.17, 15) is 4.79 Å². The van der Waals surface area contributed by atoms with E-state index in [1.165, 1.54) is 7.11 Å². The second-order valence-corrected chi connectivity index (χ2v) is 3.16. The molecule has 13 heavy (non-hydrogen) atoms. The minimum Gasteiger partial charge on any atom is -0.469 e. The highest BCUT2D eigenvalue weighted by molar-refractivity contribution is 5.70. The van der Waals surface area contributed by atoms with Crippen LogP contribution in [0.15, 0.2) is 12.2 Å². The first-order valence-corrected chi connectivity index (χ1v) is 4.64. The van der Waals surface area contributed by atoms with Gasteiger partial charge in [0.1, 0.15) is 0 Å². The molecule has 1 rings (SSSR count). The van der Waals surface area contributed by atoms with E-state index < -0.39 is 0 Å². The van der Waals surface area contributed by atoms with Crippen molar-refractivity contribution in [2.75, 3.05) is 20.3 Å². The standard InChI is InChI=1S/C10H16O3/c1-12-10(11)4-2-3-9-5-7-13-8-6-9/h2-3,9H,4-8H2,1H3/b3-2-. The van der Waals surface area contributed by atoms with Gasteiger partial charge in [-0.15, -0.1) is 0 Å². The first-order valence-electron chi connectivity index (χ1n) is 4.64. The summed E-state index contributed by atoms with van der Waals surface area (Å²) in [6, 6.07) is 0. The normalized spacial score (nSPS) is 19.2. The first-order chi connectivity index (χ1) is 6.33. The lowest BCUT2D eigenvalue weighted by molar-refractivity contribution is -0.139. The van der Waals surface area contributed by atoms with Crippen LogP contribution < -0.4 is 0 Å². The van der Waals surface area contributed by atoms with Gasteiger partial charge in [0, 0.05) is 13.2 Å².